The number of carbonyl (C=O) groups excluding carboxylic acids is 1. The van der Waals surface area contributed by atoms with Crippen LogP contribution in [0.5, 0.6) is 11.5 Å². The smallest absolute Gasteiger partial charge is 0.330 e. The van der Waals surface area contributed by atoms with Gasteiger partial charge in [-0.15, -0.1) is 0 Å². The van der Waals surface area contributed by atoms with Crippen molar-refractivity contribution in [1.82, 2.24) is 9.55 Å². The fraction of sp³-hybridized carbons (Fsp3) is 0.476. The fourth-order valence-electron chi connectivity index (χ4n) is 3.33. The highest BCUT2D eigenvalue weighted by Crippen LogP contribution is 2.40. The molecule has 2 heterocycles. The second-order valence-electron chi connectivity index (χ2n) is 7.83. The van der Waals surface area contributed by atoms with Gasteiger partial charge in [-0.25, -0.2) is 4.79 Å². The first kappa shape index (κ1) is 22.7. The second-order valence-corrected chi connectivity index (χ2v) is 8.24. The maximum Gasteiger partial charge on any atom is 0.330 e. The van der Waals surface area contributed by atoms with E-state index >= 15 is 0 Å². The largest absolute Gasteiger partial charge is 0.454 e. The van der Waals surface area contributed by atoms with Gasteiger partial charge >= 0.3 is 5.69 Å². The van der Waals surface area contributed by atoms with E-state index < -0.39 is 17.2 Å². The molecule has 1 aliphatic heterocycles. The molecule has 1 amide bonds. The molecule has 10 heteroatoms. The van der Waals surface area contributed by atoms with E-state index in [2.05, 4.69) is 4.98 Å². The number of rotatable bonds is 8. The molecule has 2 aromatic rings. The van der Waals surface area contributed by atoms with Crippen LogP contribution in [0.25, 0.3) is 0 Å². The van der Waals surface area contributed by atoms with E-state index in [4.69, 9.17) is 26.8 Å². The summed E-state index contributed by atoms with van der Waals surface area (Å²) in [6, 6.07) is 2.99. The van der Waals surface area contributed by atoms with Crippen molar-refractivity contribution in [3.8, 4) is 11.5 Å². The van der Waals surface area contributed by atoms with Crippen LogP contribution in [-0.2, 0) is 6.54 Å². The van der Waals surface area contributed by atoms with Crippen LogP contribution in [0.4, 0.5) is 11.5 Å². The summed E-state index contributed by atoms with van der Waals surface area (Å²) >= 11 is 6.25. The second kappa shape index (κ2) is 9.47. The van der Waals surface area contributed by atoms with E-state index in [1.807, 2.05) is 20.8 Å². The lowest BCUT2D eigenvalue weighted by Gasteiger charge is -2.25. The Morgan fingerprint density at radius 3 is 2.74 bits per heavy atom. The van der Waals surface area contributed by atoms with Crippen molar-refractivity contribution < 1.29 is 14.3 Å². The number of nitrogen functional groups attached to an aromatic ring is 1. The minimum Gasteiger partial charge on any atom is -0.454 e. The van der Waals surface area contributed by atoms with Crippen molar-refractivity contribution in [2.45, 2.75) is 46.6 Å². The number of unbranched alkanes of at least 4 members (excludes halogenated alkanes) is 1. The molecule has 9 nitrogen and oxygen atoms in total. The number of nitrogens with one attached hydrogen (secondary N) is 1. The molecule has 1 aromatic carbocycles. The van der Waals surface area contributed by atoms with E-state index in [1.165, 1.54) is 21.6 Å². The molecule has 0 atom stereocenters. The number of nitrogens with zero attached hydrogens (tertiary/aromatic N) is 2. The average molecular weight is 451 g/mol. The Hall–Kier alpha value is -2.94. The van der Waals surface area contributed by atoms with Gasteiger partial charge < -0.3 is 20.1 Å². The van der Waals surface area contributed by atoms with E-state index in [1.54, 1.807) is 0 Å². The molecule has 0 spiro atoms. The number of fused-ring (bicyclic) bond motifs is 1. The van der Waals surface area contributed by atoms with Gasteiger partial charge in [-0.1, -0.05) is 38.8 Å². The fourth-order valence-corrected chi connectivity index (χ4v) is 3.59. The van der Waals surface area contributed by atoms with Gasteiger partial charge in [-0.2, -0.15) is 0 Å². The molecule has 0 aliphatic carbocycles. The van der Waals surface area contributed by atoms with Gasteiger partial charge in [0.1, 0.15) is 5.82 Å². The number of hydrogen-bond acceptors (Lipinski definition) is 6. The van der Waals surface area contributed by atoms with Crippen LogP contribution >= 0.6 is 11.6 Å². The molecule has 3 N–H and O–H groups in total. The third-order valence-corrected chi connectivity index (χ3v) is 5.35. The topological polar surface area (TPSA) is 120 Å². The Balaban J connectivity index is 2.10. The zero-order chi connectivity index (χ0) is 22.7. The molecule has 0 saturated carbocycles. The zero-order valence-corrected chi connectivity index (χ0v) is 18.6. The monoisotopic (exact) mass is 450 g/mol. The van der Waals surface area contributed by atoms with Gasteiger partial charge in [0.2, 0.25) is 6.79 Å². The van der Waals surface area contributed by atoms with Crippen LogP contribution < -0.4 is 31.4 Å². The minimum atomic E-state index is -0.709. The maximum absolute atomic E-state index is 13.5. The van der Waals surface area contributed by atoms with Gasteiger partial charge in [0, 0.05) is 18.7 Å². The summed E-state index contributed by atoms with van der Waals surface area (Å²) < 4.78 is 12.0. The van der Waals surface area contributed by atoms with Crippen LogP contribution in [0.3, 0.4) is 0 Å². The third kappa shape index (κ3) is 4.71. The number of amides is 1. The third-order valence-electron chi connectivity index (χ3n) is 5.07. The summed E-state index contributed by atoms with van der Waals surface area (Å²) in [6.07, 6.45) is 2.16. The summed E-state index contributed by atoms with van der Waals surface area (Å²) in [5.74, 6) is 0.485. The summed E-state index contributed by atoms with van der Waals surface area (Å²) in [5, 5.41) is 0.233. The predicted molar refractivity (Wildman–Crippen MR) is 119 cm³/mol. The van der Waals surface area contributed by atoms with E-state index in [0.29, 0.717) is 30.9 Å². The lowest BCUT2D eigenvalue weighted by molar-refractivity contribution is 0.0985. The summed E-state index contributed by atoms with van der Waals surface area (Å²) in [5.41, 5.74) is 5.12. The number of carbonyl (C=O) groups is 1. The number of aromatic nitrogens is 2. The first-order valence-electron chi connectivity index (χ1n) is 10.3. The molecule has 1 aliphatic rings. The molecular formula is C21H27ClN4O5. The number of halogens is 1. The van der Waals surface area contributed by atoms with Gasteiger partial charge in [0.05, 0.1) is 5.02 Å². The normalized spacial score (nSPS) is 12.4. The molecule has 0 radical (unpaired) electrons. The van der Waals surface area contributed by atoms with Crippen LogP contribution in [0.2, 0.25) is 5.02 Å². The first-order valence-corrected chi connectivity index (χ1v) is 10.7. The van der Waals surface area contributed by atoms with Crippen LogP contribution in [0.1, 0.15) is 50.4 Å². The number of hydrogen-bond donors (Lipinski definition) is 2. The first-order chi connectivity index (χ1) is 14.7. The van der Waals surface area contributed by atoms with Crippen molar-refractivity contribution in [3.05, 3.63) is 43.6 Å². The standard InChI is InChI=1S/C21H27ClN4O5/c1-4-5-7-26-18(23)16(19(27)24-21(26)29)25(8-6-12(2)3)20(28)13-9-14(22)17-15(10-13)30-11-31-17/h9-10,12H,4-8,11,23H2,1-3H3,(H,24,27,29). The van der Waals surface area contributed by atoms with E-state index in [0.717, 1.165) is 6.42 Å². The van der Waals surface area contributed by atoms with Gasteiger partial charge in [-0.05, 0) is 30.9 Å². The maximum atomic E-state index is 13.5. The molecule has 0 saturated heterocycles. The van der Waals surface area contributed by atoms with Crippen molar-refractivity contribution in [2.24, 2.45) is 5.92 Å². The highest BCUT2D eigenvalue weighted by atomic mass is 35.5. The van der Waals surface area contributed by atoms with E-state index in [-0.39, 0.29) is 41.3 Å². The Kier molecular flexibility index (Phi) is 6.94. The summed E-state index contributed by atoms with van der Waals surface area (Å²) in [6.45, 7) is 6.59. The Morgan fingerprint density at radius 2 is 2.06 bits per heavy atom. The summed E-state index contributed by atoms with van der Waals surface area (Å²) in [7, 11) is 0. The number of aromatic amines is 1. The highest BCUT2D eigenvalue weighted by Gasteiger charge is 2.28. The molecule has 0 bridgehead atoms. The molecule has 0 unspecified atom stereocenters. The number of H-pyrrole nitrogens is 1. The van der Waals surface area contributed by atoms with Gasteiger partial charge in [0.25, 0.3) is 11.5 Å². The van der Waals surface area contributed by atoms with E-state index in [9.17, 15) is 14.4 Å². The number of ether oxygens (including phenoxy) is 2. The summed E-state index contributed by atoms with van der Waals surface area (Å²) in [4.78, 5) is 42.1. The Morgan fingerprint density at radius 1 is 1.32 bits per heavy atom. The van der Waals surface area contributed by atoms with Crippen LogP contribution in [0.15, 0.2) is 21.7 Å². The molecular weight excluding hydrogens is 424 g/mol. The molecule has 3 rings (SSSR count). The minimum absolute atomic E-state index is 0.0127. The van der Waals surface area contributed by atoms with Crippen LogP contribution in [0, 0.1) is 5.92 Å². The molecule has 0 fully saturated rings. The van der Waals surface area contributed by atoms with Crippen LogP contribution in [-0.4, -0.2) is 28.8 Å². The predicted octanol–water partition coefficient (Wildman–Crippen LogP) is 2.99. The lowest BCUT2D eigenvalue weighted by atomic mass is 10.1. The van der Waals surface area contributed by atoms with Crippen molar-refractivity contribution in [3.63, 3.8) is 0 Å². The number of nitrogens with two attached hydrogens (primary N) is 1. The van der Waals surface area contributed by atoms with Gasteiger partial charge in [0.15, 0.2) is 17.2 Å². The van der Waals surface area contributed by atoms with Crippen molar-refractivity contribution >= 4 is 29.0 Å². The zero-order valence-electron chi connectivity index (χ0n) is 17.9. The molecule has 168 valence electrons. The Labute approximate surface area is 184 Å². The van der Waals surface area contributed by atoms with Crippen molar-refractivity contribution in [1.29, 1.82) is 0 Å². The Bertz CT molecular complexity index is 1090. The number of benzene rings is 1. The van der Waals surface area contributed by atoms with Gasteiger partial charge in [-0.3, -0.25) is 19.1 Å². The average Bonchev–Trinajstić information content (AvgIpc) is 3.18. The highest BCUT2D eigenvalue weighted by molar-refractivity contribution is 6.33. The quantitative estimate of drug-likeness (QED) is 0.638. The molecule has 1 aromatic heterocycles. The lowest BCUT2D eigenvalue weighted by Crippen LogP contribution is -2.42. The SMILES string of the molecule is CCCCn1c(N)c(N(CCC(C)C)C(=O)c2cc(Cl)c3c(c2)OCO3)c(=O)[nH]c1=O. The van der Waals surface area contributed by atoms with Crippen molar-refractivity contribution in [2.75, 3.05) is 24.0 Å². The number of anilines is 2. The molecule has 31 heavy (non-hydrogen) atoms.